The van der Waals surface area contributed by atoms with Crippen LogP contribution in [-0.2, 0) is 4.79 Å². The number of hydrogen-bond donors (Lipinski definition) is 2. The lowest BCUT2D eigenvalue weighted by atomic mass is 9.92. The first kappa shape index (κ1) is 18.5. The van der Waals surface area contributed by atoms with Crippen LogP contribution in [0, 0.1) is 19.8 Å². The highest BCUT2D eigenvalue weighted by molar-refractivity contribution is 5.93. The number of anilines is 1. The van der Waals surface area contributed by atoms with Gasteiger partial charge in [-0.15, -0.1) is 12.4 Å². The van der Waals surface area contributed by atoms with Crippen molar-refractivity contribution in [3.63, 3.8) is 0 Å². The molecule has 3 rings (SSSR count). The summed E-state index contributed by atoms with van der Waals surface area (Å²) in [6.07, 6.45) is 3.40. The average Bonchev–Trinajstić information content (AvgIpc) is 2.95. The molecule has 1 saturated heterocycles. The van der Waals surface area contributed by atoms with Gasteiger partial charge in [0.2, 0.25) is 11.8 Å². The number of piperidine rings is 1. The van der Waals surface area contributed by atoms with E-state index in [4.69, 9.17) is 4.42 Å². The van der Waals surface area contributed by atoms with E-state index in [0.29, 0.717) is 11.9 Å². The highest BCUT2D eigenvalue weighted by atomic mass is 35.5. The lowest BCUT2D eigenvalue weighted by molar-refractivity contribution is -0.120. The fourth-order valence-corrected chi connectivity index (χ4v) is 3.02. The van der Waals surface area contributed by atoms with Gasteiger partial charge in [0.25, 0.3) is 0 Å². The Balaban J connectivity index is 0.00000208. The molecule has 1 aromatic carbocycles. The van der Waals surface area contributed by atoms with Gasteiger partial charge in [-0.05, 0) is 57.9 Å². The van der Waals surface area contributed by atoms with E-state index in [-0.39, 0.29) is 24.2 Å². The Bertz CT molecular complexity index is 714. The van der Waals surface area contributed by atoms with Crippen LogP contribution in [0.25, 0.3) is 11.5 Å². The summed E-state index contributed by atoms with van der Waals surface area (Å²) in [5.41, 5.74) is 3.62. The first-order valence-electron chi connectivity index (χ1n) is 8.10. The van der Waals surface area contributed by atoms with Gasteiger partial charge in [-0.1, -0.05) is 6.07 Å². The van der Waals surface area contributed by atoms with Gasteiger partial charge in [-0.2, -0.15) is 0 Å². The van der Waals surface area contributed by atoms with E-state index in [1.54, 1.807) is 6.26 Å². The third kappa shape index (κ3) is 4.16. The maximum atomic E-state index is 12.5. The third-order valence-electron chi connectivity index (χ3n) is 4.35. The summed E-state index contributed by atoms with van der Waals surface area (Å²) in [6, 6.07) is 6.23. The van der Waals surface area contributed by atoms with Crippen LogP contribution in [-0.4, -0.2) is 23.5 Å². The fraction of sp³-hybridized carbons (Fsp3) is 0.444. The zero-order valence-corrected chi connectivity index (χ0v) is 15.1. The van der Waals surface area contributed by atoms with Crippen molar-refractivity contribution in [2.24, 2.45) is 5.92 Å². The number of carbonyl (C=O) groups excluding carboxylic acids is 1. The monoisotopic (exact) mass is 349 g/mol. The largest absolute Gasteiger partial charge is 0.444 e. The molecule has 5 nitrogen and oxygen atoms in total. The molecule has 1 aliphatic heterocycles. The van der Waals surface area contributed by atoms with Crippen LogP contribution in [0.1, 0.15) is 31.0 Å². The van der Waals surface area contributed by atoms with Gasteiger partial charge >= 0.3 is 0 Å². The van der Waals surface area contributed by atoms with Crippen LogP contribution in [0.5, 0.6) is 0 Å². The van der Waals surface area contributed by atoms with Crippen LogP contribution in [0.2, 0.25) is 0 Å². The number of halogens is 1. The second kappa shape index (κ2) is 7.81. The molecule has 130 valence electrons. The van der Waals surface area contributed by atoms with E-state index in [0.717, 1.165) is 41.9 Å². The van der Waals surface area contributed by atoms with E-state index < -0.39 is 0 Å². The Morgan fingerprint density at radius 1 is 1.38 bits per heavy atom. The van der Waals surface area contributed by atoms with Crippen molar-refractivity contribution in [1.82, 2.24) is 10.3 Å². The maximum absolute atomic E-state index is 12.5. The number of benzene rings is 1. The summed E-state index contributed by atoms with van der Waals surface area (Å²) in [6.45, 7) is 6.92. The van der Waals surface area contributed by atoms with E-state index in [1.165, 1.54) is 0 Å². The summed E-state index contributed by atoms with van der Waals surface area (Å²) >= 11 is 0. The number of hydrogen-bond acceptors (Lipinski definition) is 4. The first-order valence-corrected chi connectivity index (χ1v) is 8.10. The lowest BCUT2D eigenvalue weighted by Gasteiger charge is -2.27. The van der Waals surface area contributed by atoms with Crippen molar-refractivity contribution in [3.8, 4) is 11.5 Å². The standard InChI is InChI=1S/C18H23N3O2.ClH/c1-11-4-5-15(9-16(11)18-20-13(3)10-23-18)21-17(22)14-6-7-19-12(2)8-14;/h4-5,9-10,12,14,19H,6-8H2,1-3H3,(H,21,22);1H/t12-,14-;/m0./s1. The summed E-state index contributed by atoms with van der Waals surface area (Å²) < 4.78 is 5.49. The molecule has 1 fully saturated rings. The second-order valence-corrected chi connectivity index (χ2v) is 6.39. The van der Waals surface area contributed by atoms with Gasteiger partial charge in [0.15, 0.2) is 0 Å². The van der Waals surface area contributed by atoms with Crippen molar-refractivity contribution in [2.45, 2.75) is 39.7 Å². The average molecular weight is 350 g/mol. The number of aryl methyl sites for hydroxylation is 2. The van der Waals surface area contributed by atoms with E-state index in [9.17, 15) is 4.79 Å². The molecular formula is C18H24ClN3O2. The predicted octanol–water partition coefficient (Wildman–Crippen LogP) is 3.71. The quantitative estimate of drug-likeness (QED) is 0.886. The van der Waals surface area contributed by atoms with Crippen molar-refractivity contribution < 1.29 is 9.21 Å². The second-order valence-electron chi connectivity index (χ2n) is 6.39. The number of amides is 1. The number of carbonyl (C=O) groups is 1. The summed E-state index contributed by atoms with van der Waals surface area (Å²) in [5, 5.41) is 6.41. The van der Waals surface area contributed by atoms with Crippen LogP contribution in [0.15, 0.2) is 28.9 Å². The molecule has 24 heavy (non-hydrogen) atoms. The molecule has 0 spiro atoms. The third-order valence-corrected chi connectivity index (χ3v) is 4.35. The molecule has 1 aromatic heterocycles. The van der Waals surface area contributed by atoms with Crippen molar-refractivity contribution in [1.29, 1.82) is 0 Å². The molecule has 2 aromatic rings. The van der Waals surface area contributed by atoms with Crippen LogP contribution in [0.4, 0.5) is 5.69 Å². The minimum absolute atomic E-state index is 0. The molecule has 1 aliphatic rings. The minimum Gasteiger partial charge on any atom is -0.444 e. The maximum Gasteiger partial charge on any atom is 0.227 e. The van der Waals surface area contributed by atoms with E-state index in [1.807, 2.05) is 32.0 Å². The molecule has 2 N–H and O–H groups in total. The van der Waals surface area contributed by atoms with Crippen molar-refractivity contribution >= 4 is 24.0 Å². The number of nitrogens with zero attached hydrogens (tertiary/aromatic N) is 1. The Morgan fingerprint density at radius 2 is 2.17 bits per heavy atom. The lowest BCUT2D eigenvalue weighted by Crippen LogP contribution is -2.40. The van der Waals surface area contributed by atoms with Crippen LogP contribution in [0.3, 0.4) is 0 Å². The van der Waals surface area contributed by atoms with Crippen LogP contribution >= 0.6 is 12.4 Å². The highest BCUT2D eigenvalue weighted by Crippen LogP contribution is 2.27. The normalized spacial score (nSPS) is 20.3. The SMILES string of the molecule is Cc1coc(-c2cc(NC(=O)[C@H]3CCN[C@@H](C)C3)ccc2C)n1.Cl. The zero-order chi connectivity index (χ0) is 16.4. The molecule has 0 radical (unpaired) electrons. The first-order chi connectivity index (χ1) is 11.0. The smallest absolute Gasteiger partial charge is 0.227 e. The number of oxazole rings is 1. The van der Waals surface area contributed by atoms with Gasteiger partial charge in [-0.25, -0.2) is 4.98 Å². The summed E-state index contributed by atoms with van der Waals surface area (Å²) in [4.78, 5) is 16.8. The number of aromatic nitrogens is 1. The molecule has 2 heterocycles. The molecule has 0 saturated carbocycles. The van der Waals surface area contributed by atoms with Gasteiger partial charge < -0.3 is 15.1 Å². The fourth-order valence-electron chi connectivity index (χ4n) is 3.02. The van der Waals surface area contributed by atoms with Crippen molar-refractivity contribution in [3.05, 3.63) is 35.7 Å². The predicted molar refractivity (Wildman–Crippen MR) is 97.5 cm³/mol. The molecule has 0 unspecified atom stereocenters. The molecule has 0 aliphatic carbocycles. The summed E-state index contributed by atoms with van der Waals surface area (Å²) in [5.74, 6) is 0.753. The summed E-state index contributed by atoms with van der Waals surface area (Å²) in [7, 11) is 0. The molecular weight excluding hydrogens is 326 g/mol. The Morgan fingerprint density at radius 3 is 2.83 bits per heavy atom. The van der Waals surface area contributed by atoms with Gasteiger partial charge in [0, 0.05) is 23.2 Å². The minimum atomic E-state index is 0. The zero-order valence-electron chi connectivity index (χ0n) is 14.3. The Kier molecular flexibility index (Phi) is 6.02. The van der Waals surface area contributed by atoms with E-state index >= 15 is 0 Å². The topological polar surface area (TPSA) is 67.2 Å². The van der Waals surface area contributed by atoms with Gasteiger partial charge in [0.1, 0.15) is 6.26 Å². The Labute approximate surface area is 148 Å². The molecule has 6 heteroatoms. The number of nitrogens with one attached hydrogen (secondary N) is 2. The molecule has 1 amide bonds. The highest BCUT2D eigenvalue weighted by Gasteiger charge is 2.24. The van der Waals surface area contributed by atoms with Crippen LogP contribution < -0.4 is 10.6 Å². The van der Waals surface area contributed by atoms with Gasteiger partial charge in [-0.3, -0.25) is 4.79 Å². The molecule has 0 bridgehead atoms. The Hall–Kier alpha value is -1.85. The van der Waals surface area contributed by atoms with E-state index in [2.05, 4.69) is 22.5 Å². The van der Waals surface area contributed by atoms with Crippen molar-refractivity contribution in [2.75, 3.05) is 11.9 Å². The van der Waals surface area contributed by atoms with Gasteiger partial charge in [0.05, 0.1) is 5.69 Å². The molecule has 2 atom stereocenters. The number of rotatable bonds is 3.